The first kappa shape index (κ1) is 24.5. The summed E-state index contributed by atoms with van der Waals surface area (Å²) in [7, 11) is 0. The molecule has 9 nitrogen and oxygen atoms in total. The van der Waals surface area contributed by atoms with Gasteiger partial charge in [-0.2, -0.15) is 5.10 Å². The highest BCUT2D eigenvalue weighted by molar-refractivity contribution is 6.44. The molecule has 11 heteroatoms. The molecule has 1 saturated heterocycles. The number of hydrogen-bond acceptors (Lipinski definition) is 6. The van der Waals surface area contributed by atoms with Gasteiger partial charge >= 0.3 is 11.8 Å². The predicted octanol–water partition coefficient (Wildman–Crippen LogP) is 2.76. The van der Waals surface area contributed by atoms with Gasteiger partial charge in [-0.1, -0.05) is 29.3 Å². The number of anilines is 1. The molecule has 0 bridgehead atoms. The van der Waals surface area contributed by atoms with Crippen molar-refractivity contribution in [1.82, 2.24) is 10.7 Å². The van der Waals surface area contributed by atoms with Crippen LogP contribution in [0.1, 0.15) is 18.4 Å². The molecule has 1 fully saturated rings. The highest BCUT2D eigenvalue weighted by Gasteiger charge is 2.19. The van der Waals surface area contributed by atoms with Crippen molar-refractivity contribution in [2.75, 3.05) is 25.1 Å². The number of nitrogens with one attached hydrogen (secondary N) is 3. The van der Waals surface area contributed by atoms with E-state index in [0.29, 0.717) is 35.2 Å². The summed E-state index contributed by atoms with van der Waals surface area (Å²) in [6.07, 6.45) is 3.14. The third-order valence-corrected chi connectivity index (χ3v) is 5.39. The maximum absolute atomic E-state index is 12.1. The smallest absolute Gasteiger partial charge is 0.329 e. The maximum Gasteiger partial charge on any atom is 0.329 e. The Morgan fingerprint density at radius 1 is 1.12 bits per heavy atom. The molecular formula is C22H22Cl2N4O5. The van der Waals surface area contributed by atoms with Gasteiger partial charge in [0.05, 0.1) is 28.1 Å². The summed E-state index contributed by atoms with van der Waals surface area (Å²) in [5.41, 5.74) is 3.21. The minimum atomic E-state index is -0.866. The molecule has 1 aliphatic heterocycles. The molecule has 0 aromatic heterocycles. The largest absolute Gasteiger partial charge is 0.484 e. The van der Waals surface area contributed by atoms with Crippen LogP contribution in [0.15, 0.2) is 47.6 Å². The van der Waals surface area contributed by atoms with Crippen molar-refractivity contribution in [1.29, 1.82) is 0 Å². The third-order valence-electron chi connectivity index (χ3n) is 4.58. The van der Waals surface area contributed by atoms with E-state index in [4.69, 9.17) is 32.7 Å². The van der Waals surface area contributed by atoms with Crippen molar-refractivity contribution in [2.24, 2.45) is 5.10 Å². The Hall–Kier alpha value is -3.14. The number of hydrazone groups is 1. The molecule has 1 heterocycles. The van der Waals surface area contributed by atoms with Crippen LogP contribution in [0.4, 0.5) is 5.69 Å². The minimum Gasteiger partial charge on any atom is -0.484 e. The zero-order valence-electron chi connectivity index (χ0n) is 17.5. The fourth-order valence-electron chi connectivity index (χ4n) is 2.89. The molecule has 1 atom stereocenters. The van der Waals surface area contributed by atoms with Gasteiger partial charge in [0.25, 0.3) is 5.91 Å². The van der Waals surface area contributed by atoms with Crippen LogP contribution in [-0.2, 0) is 19.1 Å². The number of ether oxygens (including phenoxy) is 2. The van der Waals surface area contributed by atoms with Crippen LogP contribution in [0.3, 0.4) is 0 Å². The monoisotopic (exact) mass is 492 g/mol. The zero-order valence-corrected chi connectivity index (χ0v) is 19.0. The molecule has 1 aliphatic rings. The first-order valence-electron chi connectivity index (χ1n) is 10.1. The predicted molar refractivity (Wildman–Crippen MR) is 125 cm³/mol. The Morgan fingerprint density at radius 3 is 2.64 bits per heavy atom. The average molecular weight is 493 g/mol. The highest BCUT2D eigenvalue weighted by Crippen LogP contribution is 2.29. The first-order chi connectivity index (χ1) is 15.9. The van der Waals surface area contributed by atoms with E-state index in [1.54, 1.807) is 42.5 Å². The van der Waals surface area contributed by atoms with Crippen molar-refractivity contribution >= 4 is 52.8 Å². The van der Waals surface area contributed by atoms with Crippen molar-refractivity contribution in [2.45, 2.75) is 18.9 Å². The van der Waals surface area contributed by atoms with Crippen LogP contribution in [0.5, 0.6) is 5.75 Å². The second-order valence-electron chi connectivity index (χ2n) is 7.05. The van der Waals surface area contributed by atoms with Crippen LogP contribution in [0.2, 0.25) is 10.0 Å². The summed E-state index contributed by atoms with van der Waals surface area (Å²) in [5, 5.41) is 9.49. The number of rotatable bonds is 8. The number of amides is 3. The molecule has 174 valence electrons. The molecule has 3 N–H and O–H groups in total. The van der Waals surface area contributed by atoms with Gasteiger partial charge < -0.3 is 20.1 Å². The SMILES string of the molecule is O=C(COc1ccc(/C=N\NC(=O)C(=O)NC[C@@H]2CCCO2)cc1)Nc1cccc(Cl)c1Cl. The number of carbonyl (C=O) groups is 3. The third kappa shape index (κ3) is 7.74. The minimum absolute atomic E-state index is 0.0494. The fraction of sp³-hybridized carbons (Fsp3) is 0.273. The van der Waals surface area contributed by atoms with Gasteiger partial charge in [-0.05, 0) is 54.8 Å². The van der Waals surface area contributed by atoms with Gasteiger partial charge in [0.1, 0.15) is 5.75 Å². The molecule has 0 saturated carbocycles. The molecule has 3 amide bonds. The molecule has 0 aliphatic carbocycles. The topological polar surface area (TPSA) is 118 Å². The summed E-state index contributed by atoms with van der Waals surface area (Å²) >= 11 is 12.0. The number of benzene rings is 2. The molecule has 0 unspecified atom stereocenters. The standard InChI is InChI=1S/C22H22Cl2N4O5/c23-17-4-1-5-18(20(17)24)27-19(29)13-33-15-8-6-14(7-9-15)11-26-28-22(31)21(30)25-12-16-3-2-10-32-16/h1,4-9,11,16H,2-3,10,12-13H2,(H,25,30)(H,27,29)(H,28,31)/b26-11-/t16-/m0/s1. The lowest BCUT2D eigenvalue weighted by molar-refractivity contribution is -0.139. The maximum atomic E-state index is 12.1. The lowest BCUT2D eigenvalue weighted by atomic mass is 10.2. The van der Waals surface area contributed by atoms with Crippen LogP contribution < -0.4 is 20.8 Å². The molecule has 3 rings (SSSR count). The van der Waals surface area contributed by atoms with Crippen LogP contribution in [0, 0.1) is 0 Å². The van der Waals surface area contributed by atoms with E-state index < -0.39 is 17.7 Å². The summed E-state index contributed by atoms with van der Waals surface area (Å²) in [4.78, 5) is 35.6. The Bertz CT molecular complexity index is 1020. The normalized spacial score (nSPS) is 15.3. The molecule has 0 radical (unpaired) electrons. The van der Waals surface area contributed by atoms with E-state index in [1.165, 1.54) is 6.21 Å². The molecule has 2 aromatic rings. The Balaban J connectivity index is 1.39. The highest BCUT2D eigenvalue weighted by atomic mass is 35.5. The van der Waals surface area contributed by atoms with Gasteiger partial charge in [-0.3, -0.25) is 14.4 Å². The Morgan fingerprint density at radius 2 is 1.91 bits per heavy atom. The first-order valence-corrected chi connectivity index (χ1v) is 10.9. The number of carbonyl (C=O) groups excluding carboxylic acids is 3. The van der Waals surface area contributed by atoms with Gasteiger partial charge in [0, 0.05) is 13.2 Å². The lowest BCUT2D eigenvalue weighted by Crippen LogP contribution is -2.41. The second-order valence-corrected chi connectivity index (χ2v) is 7.84. The van der Waals surface area contributed by atoms with Crippen LogP contribution in [-0.4, -0.2) is 49.8 Å². The summed E-state index contributed by atoms with van der Waals surface area (Å²) in [5.74, 6) is -1.58. The van der Waals surface area contributed by atoms with E-state index in [-0.39, 0.29) is 17.7 Å². The molecule has 2 aromatic carbocycles. The van der Waals surface area contributed by atoms with Crippen molar-refractivity contribution in [3.05, 3.63) is 58.1 Å². The van der Waals surface area contributed by atoms with Gasteiger partial charge in [-0.15, -0.1) is 0 Å². The Kier molecular flexibility index (Phi) is 9.05. The Labute approximate surface area is 200 Å². The van der Waals surface area contributed by atoms with E-state index in [2.05, 4.69) is 21.2 Å². The fourth-order valence-corrected chi connectivity index (χ4v) is 3.24. The van der Waals surface area contributed by atoms with E-state index >= 15 is 0 Å². The van der Waals surface area contributed by atoms with E-state index in [0.717, 1.165) is 12.8 Å². The number of hydrogen-bond donors (Lipinski definition) is 3. The van der Waals surface area contributed by atoms with Crippen molar-refractivity contribution in [3.63, 3.8) is 0 Å². The van der Waals surface area contributed by atoms with Gasteiger partial charge in [0.2, 0.25) is 0 Å². The van der Waals surface area contributed by atoms with Crippen LogP contribution >= 0.6 is 23.2 Å². The van der Waals surface area contributed by atoms with Gasteiger partial charge in [0.15, 0.2) is 6.61 Å². The number of halogens is 2. The van der Waals surface area contributed by atoms with Crippen LogP contribution in [0.25, 0.3) is 0 Å². The molecule has 0 spiro atoms. The van der Waals surface area contributed by atoms with Gasteiger partial charge in [-0.25, -0.2) is 5.43 Å². The zero-order chi connectivity index (χ0) is 23.6. The van der Waals surface area contributed by atoms with E-state index in [9.17, 15) is 14.4 Å². The quantitative estimate of drug-likeness (QED) is 0.297. The number of nitrogens with zero attached hydrogens (tertiary/aromatic N) is 1. The molecular weight excluding hydrogens is 471 g/mol. The van der Waals surface area contributed by atoms with Crippen molar-refractivity contribution in [3.8, 4) is 5.75 Å². The second kappa shape index (κ2) is 12.2. The lowest BCUT2D eigenvalue weighted by Gasteiger charge is -2.10. The summed E-state index contributed by atoms with van der Waals surface area (Å²) in [6, 6.07) is 11.5. The average Bonchev–Trinajstić information content (AvgIpc) is 3.33. The summed E-state index contributed by atoms with van der Waals surface area (Å²) < 4.78 is 10.8. The van der Waals surface area contributed by atoms with E-state index in [1.807, 2.05) is 0 Å². The summed E-state index contributed by atoms with van der Waals surface area (Å²) in [6.45, 7) is 0.737. The molecule has 33 heavy (non-hydrogen) atoms. The van der Waals surface area contributed by atoms with Crippen molar-refractivity contribution < 1.29 is 23.9 Å².